The van der Waals surface area contributed by atoms with Crippen molar-refractivity contribution >= 4 is 22.7 Å². The van der Waals surface area contributed by atoms with Gasteiger partial charge in [-0.1, -0.05) is 6.07 Å². The molecule has 0 aliphatic rings. The van der Waals surface area contributed by atoms with E-state index in [0.29, 0.717) is 23.8 Å². The Balaban J connectivity index is 1.68. The molecule has 2 aromatic carbocycles. The second kappa shape index (κ2) is 10.5. The van der Waals surface area contributed by atoms with Gasteiger partial charge in [-0.15, -0.1) is 0 Å². The highest BCUT2D eigenvalue weighted by Gasteiger charge is 2.32. The largest absolute Gasteiger partial charge is 0.480 e. The molecule has 1 atom stereocenters. The van der Waals surface area contributed by atoms with Crippen LogP contribution < -0.4 is 15.4 Å². The molecule has 0 saturated carbocycles. The van der Waals surface area contributed by atoms with E-state index in [0.717, 1.165) is 6.20 Å². The van der Waals surface area contributed by atoms with E-state index in [-0.39, 0.29) is 22.2 Å². The summed E-state index contributed by atoms with van der Waals surface area (Å²) in [7, 11) is -3.05. The van der Waals surface area contributed by atoms with Crippen molar-refractivity contribution in [2.24, 2.45) is 0 Å². The zero-order valence-electron chi connectivity index (χ0n) is 27.3. The van der Waals surface area contributed by atoms with Crippen LogP contribution in [0.15, 0.2) is 48.7 Å². The molecule has 0 spiro atoms. The number of carbonyl (C=O) groups excluding carboxylic acids is 2. The molecule has 38 heavy (non-hydrogen) atoms. The summed E-state index contributed by atoms with van der Waals surface area (Å²) in [4.78, 5) is 29.8. The zero-order valence-corrected chi connectivity index (χ0v) is 19.3. The van der Waals surface area contributed by atoms with E-state index in [1.807, 2.05) is 0 Å². The third-order valence-corrected chi connectivity index (χ3v) is 5.62. The van der Waals surface area contributed by atoms with Crippen molar-refractivity contribution in [1.29, 1.82) is 0 Å². The quantitative estimate of drug-likeness (QED) is 0.287. The highest BCUT2D eigenvalue weighted by Crippen LogP contribution is 2.32. The number of hydrogen-bond donors (Lipinski definition) is 3. The Bertz CT molecular complexity index is 1810. The third kappa shape index (κ3) is 5.29. The number of methoxy groups -OCH3 is 1. The van der Waals surface area contributed by atoms with E-state index in [9.17, 15) is 27.2 Å². The minimum Gasteiger partial charge on any atom is -0.480 e. The number of H-pyrrole nitrogens is 1. The SMILES string of the molecule is [2H]C([2H])([2H])Oc1ncc(-c2ccc3c(C(=O)NC([2H])([2H])C([2H])([2H])[2H])n[nH]c3c2)cc1C(=O)N[C@H](C)c1cc(C(F)(F)F)ccc1F. The maximum absolute atomic E-state index is 14.5. The summed E-state index contributed by atoms with van der Waals surface area (Å²) < 4.78 is 118. The van der Waals surface area contributed by atoms with Crippen LogP contribution in [0.4, 0.5) is 17.6 Å². The Hall–Kier alpha value is -4.48. The molecule has 198 valence electrons. The zero-order chi connectivity index (χ0) is 34.4. The fourth-order valence-corrected chi connectivity index (χ4v) is 3.75. The molecule has 2 heterocycles. The predicted octanol–water partition coefficient (Wildman–Crippen LogP) is 5.03. The van der Waals surface area contributed by atoms with Crippen LogP contribution in [-0.4, -0.2) is 40.5 Å². The molecule has 0 aliphatic carbocycles. The van der Waals surface area contributed by atoms with Gasteiger partial charge in [0.05, 0.1) is 28.3 Å². The van der Waals surface area contributed by atoms with Crippen LogP contribution in [0.1, 0.15) is 62.8 Å². The molecular formula is C26H23F4N5O3. The Kier molecular flexibility index (Phi) is 4.93. The topological polar surface area (TPSA) is 109 Å². The summed E-state index contributed by atoms with van der Waals surface area (Å²) in [6.07, 6.45) is -3.62. The van der Waals surface area contributed by atoms with Crippen molar-refractivity contribution in [2.45, 2.75) is 26.0 Å². The molecule has 0 fully saturated rings. The number of ether oxygens (including phenoxy) is 1. The molecule has 4 aromatic rings. The number of halogens is 4. The van der Waals surface area contributed by atoms with Gasteiger partial charge in [0.25, 0.3) is 11.8 Å². The molecule has 0 radical (unpaired) electrons. The number of pyridine rings is 1. The average Bonchev–Trinajstić information content (AvgIpc) is 3.34. The average molecular weight is 538 g/mol. The number of rotatable bonds is 7. The van der Waals surface area contributed by atoms with Gasteiger partial charge >= 0.3 is 6.18 Å². The van der Waals surface area contributed by atoms with E-state index in [4.69, 9.17) is 15.7 Å². The molecular weight excluding hydrogens is 506 g/mol. The maximum Gasteiger partial charge on any atom is 0.416 e. The number of amides is 2. The Morgan fingerprint density at radius 1 is 1.16 bits per heavy atom. The van der Waals surface area contributed by atoms with Crippen LogP contribution >= 0.6 is 0 Å². The lowest BCUT2D eigenvalue weighted by atomic mass is 10.0. The lowest BCUT2D eigenvalue weighted by Gasteiger charge is -2.18. The van der Waals surface area contributed by atoms with Crippen molar-refractivity contribution < 1.29 is 42.9 Å². The van der Waals surface area contributed by atoms with E-state index < -0.39 is 72.8 Å². The van der Waals surface area contributed by atoms with Gasteiger partial charge in [-0.05, 0) is 55.7 Å². The lowest BCUT2D eigenvalue weighted by molar-refractivity contribution is -0.137. The summed E-state index contributed by atoms with van der Waals surface area (Å²) in [6, 6.07) is 5.83. The smallest absolute Gasteiger partial charge is 0.416 e. The van der Waals surface area contributed by atoms with Crippen molar-refractivity contribution in [3.05, 3.63) is 76.9 Å². The molecule has 3 N–H and O–H groups in total. The van der Waals surface area contributed by atoms with Gasteiger partial charge in [-0.25, -0.2) is 9.37 Å². The summed E-state index contributed by atoms with van der Waals surface area (Å²) in [5.41, 5.74) is -1.65. The van der Waals surface area contributed by atoms with Crippen molar-refractivity contribution in [1.82, 2.24) is 25.8 Å². The molecule has 12 heteroatoms. The number of carbonyl (C=O) groups is 2. The first kappa shape index (κ1) is 17.9. The highest BCUT2D eigenvalue weighted by atomic mass is 19.4. The van der Waals surface area contributed by atoms with E-state index in [1.165, 1.54) is 31.2 Å². The first-order valence-electron chi connectivity index (χ1n) is 14.7. The number of fused-ring (bicyclic) bond motifs is 1. The van der Waals surface area contributed by atoms with Gasteiger partial charge < -0.3 is 15.4 Å². The highest BCUT2D eigenvalue weighted by molar-refractivity contribution is 6.05. The van der Waals surface area contributed by atoms with E-state index in [2.05, 4.69) is 20.5 Å². The number of hydrogen-bond acceptors (Lipinski definition) is 5. The van der Waals surface area contributed by atoms with Gasteiger partial charge in [0, 0.05) is 36.1 Å². The summed E-state index contributed by atoms with van der Waals surface area (Å²) >= 11 is 0. The molecule has 0 saturated heterocycles. The number of benzene rings is 2. The first-order valence-corrected chi connectivity index (χ1v) is 10.7. The minimum atomic E-state index is -4.78. The Morgan fingerprint density at radius 2 is 1.97 bits per heavy atom. The number of nitrogens with zero attached hydrogens (tertiary/aromatic N) is 2. The van der Waals surface area contributed by atoms with Gasteiger partial charge in [0.15, 0.2) is 5.69 Å². The Labute approximate surface area is 225 Å². The Morgan fingerprint density at radius 3 is 2.71 bits per heavy atom. The van der Waals surface area contributed by atoms with Crippen LogP contribution in [-0.2, 0) is 6.18 Å². The van der Waals surface area contributed by atoms with Gasteiger partial charge in [-0.3, -0.25) is 14.7 Å². The number of alkyl halides is 3. The standard InChI is InChI=1S/C26H23F4N5O3/c1-4-31-24(37)22-17-7-5-14(10-21(17)34-35-22)15-9-19(25(38-3)32-12-15)23(36)33-13(2)18-11-16(26(28,29)30)6-8-20(18)27/h5-13H,4H2,1-3H3,(H,31,37)(H,33,36)(H,34,35)/t13-/m1/s1/i1D3,3D3,4D2. The van der Waals surface area contributed by atoms with E-state index in [1.54, 1.807) is 5.32 Å². The molecule has 4 rings (SSSR count). The molecule has 2 amide bonds. The lowest BCUT2D eigenvalue weighted by Crippen LogP contribution is -2.28. The number of nitrogens with one attached hydrogen (secondary N) is 3. The van der Waals surface area contributed by atoms with Crippen LogP contribution in [0.3, 0.4) is 0 Å². The van der Waals surface area contributed by atoms with Gasteiger partial charge in [-0.2, -0.15) is 18.3 Å². The second-order valence-corrected chi connectivity index (χ2v) is 8.02. The van der Waals surface area contributed by atoms with Gasteiger partial charge in [0.2, 0.25) is 5.88 Å². The van der Waals surface area contributed by atoms with Crippen molar-refractivity contribution in [3.8, 4) is 17.0 Å². The summed E-state index contributed by atoms with van der Waals surface area (Å²) in [5.74, 6) is -3.84. The molecule has 0 aliphatic heterocycles. The fraction of sp³-hybridized carbons (Fsp3) is 0.231. The molecule has 8 nitrogen and oxygen atoms in total. The summed E-state index contributed by atoms with van der Waals surface area (Å²) in [5, 5.41) is 10.7. The molecule has 2 aromatic heterocycles. The second-order valence-electron chi connectivity index (χ2n) is 8.02. The molecule has 0 bridgehead atoms. The van der Waals surface area contributed by atoms with Crippen LogP contribution in [0.5, 0.6) is 5.88 Å². The van der Waals surface area contributed by atoms with E-state index >= 15 is 0 Å². The van der Waals surface area contributed by atoms with Crippen LogP contribution in [0, 0.1) is 5.82 Å². The van der Waals surface area contributed by atoms with Crippen molar-refractivity contribution in [2.75, 3.05) is 13.5 Å². The van der Waals surface area contributed by atoms with Crippen LogP contribution in [0.2, 0.25) is 0 Å². The minimum absolute atomic E-state index is 0.174. The van der Waals surface area contributed by atoms with Crippen LogP contribution in [0.25, 0.3) is 22.0 Å². The molecule has 0 unspecified atom stereocenters. The normalized spacial score (nSPS) is 16.4. The van der Waals surface area contributed by atoms with Crippen molar-refractivity contribution in [3.63, 3.8) is 0 Å². The number of aromatic amines is 1. The first-order chi connectivity index (χ1) is 21.1. The summed E-state index contributed by atoms with van der Waals surface area (Å²) in [6.45, 7) is -4.99. The maximum atomic E-state index is 14.5. The number of aromatic nitrogens is 3. The monoisotopic (exact) mass is 537 g/mol. The third-order valence-electron chi connectivity index (χ3n) is 5.62. The van der Waals surface area contributed by atoms with Gasteiger partial charge in [0.1, 0.15) is 11.4 Å². The fourth-order valence-electron chi connectivity index (χ4n) is 3.75. The predicted molar refractivity (Wildman–Crippen MR) is 131 cm³/mol.